The molecule has 0 bridgehead atoms. The van der Waals surface area contributed by atoms with Crippen LogP contribution in [-0.4, -0.2) is 14.5 Å². The zero-order chi connectivity index (χ0) is 31.6. The van der Waals surface area contributed by atoms with E-state index in [1.165, 1.54) is 21.9 Å². The third kappa shape index (κ3) is 4.10. The first-order chi connectivity index (χ1) is 23.8. The van der Waals surface area contributed by atoms with E-state index in [-0.39, 0.29) is 0 Å². The van der Waals surface area contributed by atoms with Gasteiger partial charge in [-0.2, -0.15) is 0 Å². The molecule has 0 fully saturated rings. The summed E-state index contributed by atoms with van der Waals surface area (Å²) < 4.78 is 8.63. The Labute approximate surface area is 276 Å². The number of rotatable bonds is 4. The average molecular weight is 614 g/mol. The van der Waals surface area contributed by atoms with Gasteiger partial charge in [-0.15, -0.1) is 0 Å². The van der Waals surface area contributed by atoms with Crippen LogP contribution in [0, 0.1) is 0 Å². The van der Waals surface area contributed by atoms with Crippen LogP contribution >= 0.6 is 0 Å². The molecule has 48 heavy (non-hydrogen) atoms. The van der Waals surface area contributed by atoms with Crippen molar-refractivity contribution in [2.75, 3.05) is 0 Å². The second-order valence-electron chi connectivity index (χ2n) is 12.2. The molecule has 3 aromatic heterocycles. The topological polar surface area (TPSA) is 43.9 Å². The fourth-order valence-corrected chi connectivity index (χ4v) is 7.18. The molecular weight excluding hydrogens is 587 g/mol. The van der Waals surface area contributed by atoms with Crippen LogP contribution in [-0.2, 0) is 0 Å². The van der Waals surface area contributed by atoms with Crippen molar-refractivity contribution < 1.29 is 4.42 Å². The SMILES string of the molecule is c1ccc(-c2cccc(-c3cccc(-c4nc(-n5c6ccccc6c6ccccc65)c5ccc6oc7ccccc7c6c5n4)c3)c2)cc1. The lowest BCUT2D eigenvalue weighted by molar-refractivity contribution is 0.669. The van der Waals surface area contributed by atoms with E-state index in [9.17, 15) is 0 Å². The maximum atomic E-state index is 6.33. The Bertz CT molecular complexity index is 2790. The lowest BCUT2D eigenvalue weighted by Crippen LogP contribution is -2.03. The fraction of sp³-hybridized carbons (Fsp3) is 0. The molecule has 10 aromatic rings. The Morgan fingerprint density at radius 1 is 0.396 bits per heavy atom. The quantitative estimate of drug-likeness (QED) is 0.198. The van der Waals surface area contributed by atoms with Crippen molar-refractivity contribution in [2.45, 2.75) is 0 Å². The van der Waals surface area contributed by atoms with Gasteiger partial charge in [-0.1, -0.05) is 121 Å². The molecule has 7 aromatic carbocycles. The summed E-state index contributed by atoms with van der Waals surface area (Å²) in [5, 5.41) is 5.40. The third-order valence-electron chi connectivity index (χ3n) is 9.40. The molecule has 224 valence electrons. The third-order valence-corrected chi connectivity index (χ3v) is 9.40. The molecule has 0 unspecified atom stereocenters. The number of hydrogen-bond donors (Lipinski definition) is 0. The predicted molar refractivity (Wildman–Crippen MR) is 197 cm³/mol. The summed E-state index contributed by atoms with van der Waals surface area (Å²) >= 11 is 0. The molecule has 4 heteroatoms. The molecule has 0 spiro atoms. The number of fused-ring (bicyclic) bond motifs is 8. The van der Waals surface area contributed by atoms with Gasteiger partial charge >= 0.3 is 0 Å². The summed E-state index contributed by atoms with van der Waals surface area (Å²) in [5.74, 6) is 1.51. The molecule has 0 aliphatic carbocycles. The van der Waals surface area contributed by atoms with E-state index in [0.29, 0.717) is 5.82 Å². The van der Waals surface area contributed by atoms with Crippen molar-refractivity contribution in [1.29, 1.82) is 0 Å². The minimum atomic E-state index is 0.665. The van der Waals surface area contributed by atoms with Crippen LogP contribution in [0.15, 0.2) is 168 Å². The number of hydrogen-bond acceptors (Lipinski definition) is 3. The zero-order valence-corrected chi connectivity index (χ0v) is 25.8. The molecule has 0 saturated carbocycles. The second-order valence-corrected chi connectivity index (χ2v) is 12.2. The summed E-state index contributed by atoms with van der Waals surface area (Å²) in [4.78, 5) is 10.7. The minimum Gasteiger partial charge on any atom is -0.456 e. The highest BCUT2D eigenvalue weighted by atomic mass is 16.3. The lowest BCUT2D eigenvalue weighted by atomic mass is 9.98. The monoisotopic (exact) mass is 613 g/mol. The van der Waals surface area contributed by atoms with Crippen molar-refractivity contribution in [2.24, 2.45) is 0 Å². The molecule has 0 amide bonds. The second kappa shape index (κ2) is 10.5. The van der Waals surface area contributed by atoms with Gasteiger partial charge in [0.1, 0.15) is 17.0 Å². The highest BCUT2D eigenvalue weighted by molar-refractivity contribution is 6.19. The van der Waals surface area contributed by atoms with Crippen LogP contribution in [0.5, 0.6) is 0 Å². The van der Waals surface area contributed by atoms with Crippen LogP contribution < -0.4 is 0 Å². The Hall–Kier alpha value is -6.52. The van der Waals surface area contributed by atoms with Gasteiger partial charge in [-0.25, -0.2) is 9.97 Å². The van der Waals surface area contributed by atoms with Gasteiger partial charge in [-0.05, 0) is 64.7 Å². The number of benzene rings is 7. The van der Waals surface area contributed by atoms with Crippen LogP contribution in [0.2, 0.25) is 0 Å². The summed E-state index contributed by atoms with van der Waals surface area (Å²) in [6.45, 7) is 0. The van der Waals surface area contributed by atoms with E-state index >= 15 is 0 Å². The van der Waals surface area contributed by atoms with Crippen molar-refractivity contribution in [3.05, 3.63) is 164 Å². The van der Waals surface area contributed by atoms with Crippen molar-refractivity contribution in [1.82, 2.24) is 14.5 Å². The summed E-state index contributed by atoms with van der Waals surface area (Å²) in [7, 11) is 0. The largest absolute Gasteiger partial charge is 0.456 e. The van der Waals surface area contributed by atoms with Crippen molar-refractivity contribution >= 4 is 54.6 Å². The summed E-state index contributed by atoms with van der Waals surface area (Å²) in [6.07, 6.45) is 0. The smallest absolute Gasteiger partial charge is 0.162 e. The van der Waals surface area contributed by atoms with Crippen molar-refractivity contribution in [3.63, 3.8) is 0 Å². The molecule has 0 N–H and O–H groups in total. The van der Waals surface area contributed by atoms with E-state index in [1.54, 1.807) is 0 Å². The number of aromatic nitrogens is 3. The Morgan fingerprint density at radius 3 is 1.69 bits per heavy atom. The van der Waals surface area contributed by atoms with Crippen LogP contribution in [0.25, 0.3) is 94.1 Å². The van der Waals surface area contributed by atoms with Gasteiger partial charge in [0.25, 0.3) is 0 Å². The molecule has 0 radical (unpaired) electrons. The van der Waals surface area contributed by atoms with Gasteiger partial charge in [0.15, 0.2) is 5.82 Å². The maximum absolute atomic E-state index is 6.33. The molecule has 10 rings (SSSR count). The molecule has 3 heterocycles. The van der Waals surface area contributed by atoms with Crippen LogP contribution in [0.3, 0.4) is 0 Å². The molecule has 4 nitrogen and oxygen atoms in total. The van der Waals surface area contributed by atoms with Gasteiger partial charge in [-0.3, -0.25) is 4.57 Å². The zero-order valence-electron chi connectivity index (χ0n) is 25.8. The highest BCUT2D eigenvalue weighted by Gasteiger charge is 2.21. The first-order valence-corrected chi connectivity index (χ1v) is 16.2. The number of para-hydroxylation sites is 3. The molecule has 0 aliphatic rings. The van der Waals surface area contributed by atoms with Gasteiger partial charge in [0.05, 0.1) is 21.9 Å². The van der Waals surface area contributed by atoms with Crippen LogP contribution in [0.1, 0.15) is 0 Å². The van der Waals surface area contributed by atoms with E-state index in [0.717, 1.165) is 66.4 Å². The molecule has 0 aliphatic heterocycles. The summed E-state index contributed by atoms with van der Waals surface area (Å²) in [5.41, 5.74) is 10.3. The van der Waals surface area contributed by atoms with E-state index in [1.807, 2.05) is 18.2 Å². The van der Waals surface area contributed by atoms with Crippen molar-refractivity contribution in [3.8, 4) is 39.5 Å². The Balaban J connectivity index is 1.26. The fourth-order valence-electron chi connectivity index (χ4n) is 7.18. The normalized spacial score (nSPS) is 11.8. The molecular formula is C44H27N3O. The Morgan fingerprint density at radius 2 is 0.958 bits per heavy atom. The highest BCUT2D eigenvalue weighted by Crippen LogP contribution is 2.39. The number of nitrogens with zero attached hydrogens (tertiary/aromatic N) is 3. The van der Waals surface area contributed by atoms with Gasteiger partial charge in [0, 0.05) is 27.1 Å². The predicted octanol–water partition coefficient (Wildman–Crippen LogP) is 11.6. The molecule has 0 atom stereocenters. The maximum Gasteiger partial charge on any atom is 0.162 e. The standard InChI is InChI=1S/C44H27N3O/c1-2-12-28(13-3-1)29-14-10-15-30(26-29)31-16-11-17-32(27-31)43-45-42-36(24-25-40-41(42)35-20-6-9-23-39(35)48-40)44(46-43)47-37-21-7-4-18-33(37)34-19-5-8-22-38(34)47/h1-27H. The number of furan rings is 1. The van der Waals surface area contributed by atoms with Gasteiger partial charge < -0.3 is 4.42 Å². The van der Waals surface area contributed by atoms with E-state index < -0.39 is 0 Å². The minimum absolute atomic E-state index is 0.665. The first kappa shape index (κ1) is 26.7. The average Bonchev–Trinajstić information content (AvgIpc) is 3.71. The first-order valence-electron chi connectivity index (χ1n) is 16.2. The van der Waals surface area contributed by atoms with Gasteiger partial charge in [0.2, 0.25) is 0 Å². The van der Waals surface area contributed by atoms with E-state index in [2.05, 4.69) is 150 Å². The van der Waals surface area contributed by atoms with E-state index in [4.69, 9.17) is 14.4 Å². The summed E-state index contributed by atoms with van der Waals surface area (Å²) in [6, 6.07) is 57.2. The molecule has 0 saturated heterocycles. The lowest BCUT2D eigenvalue weighted by Gasteiger charge is -2.14. The van der Waals surface area contributed by atoms with Crippen LogP contribution in [0.4, 0.5) is 0 Å². The Kier molecular flexibility index (Phi) is 5.84.